The van der Waals surface area contributed by atoms with Gasteiger partial charge in [0.05, 0.1) is 6.10 Å². The first-order valence-corrected chi connectivity index (χ1v) is 5.75. The summed E-state index contributed by atoms with van der Waals surface area (Å²) in [6, 6.07) is 8.73. The predicted octanol–water partition coefficient (Wildman–Crippen LogP) is 2.45. The van der Waals surface area contributed by atoms with Crippen LogP contribution >= 0.6 is 11.6 Å². The first-order chi connectivity index (χ1) is 8.13. The Morgan fingerprint density at radius 3 is 2.76 bits per heavy atom. The number of rotatable bonds is 3. The minimum atomic E-state index is -0.745. The van der Waals surface area contributed by atoms with Crippen LogP contribution in [0, 0.1) is 0 Å². The summed E-state index contributed by atoms with van der Waals surface area (Å²) >= 11 is 5.91. The predicted molar refractivity (Wildman–Crippen MR) is 69.5 cm³/mol. The Hall–Kier alpha value is -1.29. The van der Waals surface area contributed by atoms with Crippen molar-refractivity contribution < 1.29 is 10.2 Å². The van der Waals surface area contributed by atoms with Crippen molar-refractivity contribution in [2.75, 3.05) is 13.6 Å². The van der Waals surface area contributed by atoms with Crippen LogP contribution in [0.3, 0.4) is 0 Å². The second-order valence-corrected chi connectivity index (χ2v) is 4.37. The minimum Gasteiger partial charge on any atom is -0.508 e. The van der Waals surface area contributed by atoms with Gasteiger partial charge in [0.2, 0.25) is 0 Å². The van der Waals surface area contributed by atoms with E-state index in [4.69, 9.17) is 11.6 Å². The van der Waals surface area contributed by atoms with Gasteiger partial charge in [-0.25, -0.2) is 0 Å². The van der Waals surface area contributed by atoms with Gasteiger partial charge in [-0.05, 0) is 36.0 Å². The highest BCUT2D eigenvalue weighted by molar-refractivity contribution is 6.31. The number of hydrogen-bond acceptors (Lipinski definition) is 3. The second kappa shape index (κ2) is 4.92. The van der Waals surface area contributed by atoms with Gasteiger partial charge in [-0.1, -0.05) is 23.7 Å². The fraction of sp³-hybridized carbons (Fsp3) is 0.231. The molecule has 2 aromatic rings. The summed E-state index contributed by atoms with van der Waals surface area (Å²) in [5.41, 5.74) is 0.536. The Balaban J connectivity index is 2.63. The lowest BCUT2D eigenvalue weighted by Gasteiger charge is -2.15. The van der Waals surface area contributed by atoms with Crippen LogP contribution in [-0.4, -0.2) is 23.8 Å². The summed E-state index contributed by atoms with van der Waals surface area (Å²) in [6.45, 7) is 0.384. The van der Waals surface area contributed by atoms with Gasteiger partial charge in [-0.3, -0.25) is 0 Å². The molecule has 90 valence electrons. The third-order valence-corrected chi connectivity index (χ3v) is 2.97. The molecule has 0 fully saturated rings. The first kappa shape index (κ1) is 12.2. The number of likely N-dealkylation sites (N-methyl/N-ethyl adjacent to an activating group) is 1. The molecule has 0 spiro atoms. The van der Waals surface area contributed by atoms with Gasteiger partial charge >= 0.3 is 0 Å². The van der Waals surface area contributed by atoms with E-state index in [1.807, 2.05) is 12.1 Å². The molecule has 0 aliphatic carbocycles. The lowest BCUT2D eigenvalue weighted by atomic mass is 9.99. The lowest BCUT2D eigenvalue weighted by molar-refractivity contribution is 0.175. The van der Waals surface area contributed by atoms with Crippen LogP contribution in [0.4, 0.5) is 0 Å². The van der Waals surface area contributed by atoms with Crippen molar-refractivity contribution >= 4 is 22.4 Å². The monoisotopic (exact) mass is 251 g/mol. The van der Waals surface area contributed by atoms with Gasteiger partial charge in [0.15, 0.2) is 0 Å². The number of aromatic hydroxyl groups is 1. The molecule has 0 saturated heterocycles. The molecule has 0 aliphatic heterocycles. The second-order valence-electron chi connectivity index (χ2n) is 3.94. The lowest BCUT2D eigenvalue weighted by Crippen LogP contribution is -2.17. The summed E-state index contributed by atoms with van der Waals surface area (Å²) in [4.78, 5) is 0. The van der Waals surface area contributed by atoms with E-state index in [1.165, 1.54) is 0 Å². The van der Waals surface area contributed by atoms with E-state index < -0.39 is 6.10 Å². The van der Waals surface area contributed by atoms with Crippen LogP contribution in [-0.2, 0) is 0 Å². The Morgan fingerprint density at radius 2 is 2.06 bits per heavy atom. The Bertz CT molecular complexity index is 542. The number of halogens is 1. The van der Waals surface area contributed by atoms with Gasteiger partial charge in [0.1, 0.15) is 5.75 Å². The maximum Gasteiger partial charge on any atom is 0.122 e. The minimum absolute atomic E-state index is 0.0996. The molecule has 0 amide bonds. The molecule has 0 heterocycles. The highest BCUT2D eigenvalue weighted by atomic mass is 35.5. The number of hydrogen-bond donors (Lipinski definition) is 3. The molecule has 17 heavy (non-hydrogen) atoms. The average Bonchev–Trinajstić information content (AvgIpc) is 2.29. The number of phenolic OH excluding ortho intramolecular Hbond substituents is 1. The zero-order chi connectivity index (χ0) is 12.4. The number of phenols is 1. The van der Waals surface area contributed by atoms with Gasteiger partial charge in [0.25, 0.3) is 0 Å². The summed E-state index contributed by atoms with van der Waals surface area (Å²) < 4.78 is 0. The fourth-order valence-corrected chi connectivity index (χ4v) is 2.14. The zero-order valence-corrected chi connectivity index (χ0v) is 10.2. The van der Waals surface area contributed by atoms with E-state index >= 15 is 0 Å². The summed E-state index contributed by atoms with van der Waals surface area (Å²) in [5.74, 6) is 0.0996. The Morgan fingerprint density at radius 1 is 1.29 bits per heavy atom. The molecule has 1 unspecified atom stereocenters. The molecule has 0 bridgehead atoms. The molecule has 2 rings (SSSR count). The van der Waals surface area contributed by atoms with Crippen LogP contribution < -0.4 is 5.32 Å². The largest absolute Gasteiger partial charge is 0.508 e. The number of aliphatic hydroxyl groups is 1. The molecular weight excluding hydrogens is 238 g/mol. The van der Waals surface area contributed by atoms with Gasteiger partial charge in [-0.15, -0.1) is 0 Å². The number of fused-ring (bicyclic) bond motifs is 1. The molecule has 0 aromatic heterocycles. The molecule has 0 aliphatic rings. The summed E-state index contributed by atoms with van der Waals surface area (Å²) in [6.07, 6.45) is -0.745. The maximum atomic E-state index is 10.0. The SMILES string of the molecule is CNCC(O)c1c(O)ccc2cc(Cl)ccc12. The highest BCUT2D eigenvalue weighted by Crippen LogP contribution is 2.33. The standard InChI is InChI=1S/C13H14ClNO2/c1-15-7-12(17)13-10-4-3-9(14)6-8(10)2-5-11(13)16/h2-6,12,15-17H,7H2,1H3. The fourth-order valence-electron chi connectivity index (χ4n) is 1.96. The molecule has 4 heteroatoms. The number of aliphatic hydroxyl groups excluding tert-OH is 1. The molecule has 1 atom stereocenters. The van der Waals surface area contributed by atoms with Crippen LogP contribution in [0.1, 0.15) is 11.7 Å². The molecule has 2 aromatic carbocycles. The summed E-state index contributed by atoms with van der Waals surface area (Å²) in [5, 5.41) is 25.1. The van der Waals surface area contributed by atoms with Gasteiger partial charge < -0.3 is 15.5 Å². The smallest absolute Gasteiger partial charge is 0.122 e. The van der Waals surface area contributed by atoms with Crippen molar-refractivity contribution in [3.63, 3.8) is 0 Å². The third kappa shape index (κ3) is 2.36. The van der Waals surface area contributed by atoms with Crippen LogP contribution in [0.2, 0.25) is 5.02 Å². The molecular formula is C13H14ClNO2. The van der Waals surface area contributed by atoms with E-state index in [9.17, 15) is 10.2 Å². The number of benzene rings is 2. The van der Waals surface area contributed by atoms with Crippen molar-refractivity contribution in [3.05, 3.63) is 40.9 Å². The third-order valence-electron chi connectivity index (χ3n) is 2.73. The Kier molecular flexibility index (Phi) is 3.52. The normalized spacial score (nSPS) is 12.9. The van der Waals surface area contributed by atoms with E-state index in [0.29, 0.717) is 17.1 Å². The van der Waals surface area contributed by atoms with Crippen LogP contribution in [0.15, 0.2) is 30.3 Å². The first-order valence-electron chi connectivity index (χ1n) is 5.37. The van der Waals surface area contributed by atoms with E-state index in [0.717, 1.165) is 10.8 Å². The average molecular weight is 252 g/mol. The maximum absolute atomic E-state index is 10.0. The number of nitrogens with one attached hydrogen (secondary N) is 1. The van der Waals surface area contributed by atoms with Crippen LogP contribution in [0.25, 0.3) is 10.8 Å². The molecule has 3 N–H and O–H groups in total. The Labute approximate surface area is 105 Å². The van der Waals surface area contributed by atoms with E-state index in [-0.39, 0.29) is 5.75 Å². The van der Waals surface area contributed by atoms with Crippen molar-refractivity contribution in [2.24, 2.45) is 0 Å². The van der Waals surface area contributed by atoms with Crippen molar-refractivity contribution in [1.82, 2.24) is 5.32 Å². The quantitative estimate of drug-likeness (QED) is 0.786. The van der Waals surface area contributed by atoms with Crippen molar-refractivity contribution in [2.45, 2.75) is 6.10 Å². The topological polar surface area (TPSA) is 52.5 Å². The van der Waals surface area contributed by atoms with Crippen LogP contribution in [0.5, 0.6) is 5.75 Å². The van der Waals surface area contributed by atoms with Gasteiger partial charge in [-0.2, -0.15) is 0 Å². The molecule has 0 saturated carbocycles. The highest BCUT2D eigenvalue weighted by Gasteiger charge is 2.15. The summed E-state index contributed by atoms with van der Waals surface area (Å²) in [7, 11) is 1.75. The molecule has 0 radical (unpaired) electrons. The van der Waals surface area contributed by atoms with Crippen molar-refractivity contribution in [1.29, 1.82) is 0 Å². The van der Waals surface area contributed by atoms with E-state index in [1.54, 1.807) is 25.2 Å². The van der Waals surface area contributed by atoms with Crippen molar-refractivity contribution in [3.8, 4) is 5.75 Å². The molecule has 3 nitrogen and oxygen atoms in total. The van der Waals surface area contributed by atoms with E-state index in [2.05, 4.69) is 5.32 Å². The zero-order valence-electron chi connectivity index (χ0n) is 9.44. The van der Waals surface area contributed by atoms with Gasteiger partial charge in [0, 0.05) is 17.1 Å².